The Bertz CT molecular complexity index is 1730. The van der Waals surface area contributed by atoms with Crippen molar-refractivity contribution < 1.29 is 34.8 Å². The zero-order valence-corrected chi connectivity index (χ0v) is 21.8. The number of benzene rings is 2. The lowest BCUT2D eigenvalue weighted by molar-refractivity contribution is 0.0682. The van der Waals surface area contributed by atoms with E-state index in [9.17, 15) is 34.8 Å². The van der Waals surface area contributed by atoms with Gasteiger partial charge < -0.3 is 25.7 Å². The van der Waals surface area contributed by atoms with Crippen LogP contribution < -0.4 is 5.32 Å². The predicted octanol–water partition coefficient (Wildman–Crippen LogP) is 2.52. The van der Waals surface area contributed by atoms with Crippen molar-refractivity contribution in [2.45, 2.75) is 13.3 Å². The molecule has 0 bridgehead atoms. The summed E-state index contributed by atoms with van der Waals surface area (Å²) in [5, 5.41) is 58.5. The predicted molar refractivity (Wildman–Crippen MR) is 145 cm³/mol. The largest absolute Gasteiger partial charge is 0.505 e. The molecule has 5 N–H and O–H groups in total. The minimum absolute atomic E-state index is 0.0667. The molecule has 5 rings (SSSR count). The summed E-state index contributed by atoms with van der Waals surface area (Å²) in [7, 11) is 0. The van der Waals surface area contributed by atoms with Crippen LogP contribution in [-0.4, -0.2) is 79.8 Å². The fourth-order valence-corrected chi connectivity index (χ4v) is 4.04. The number of aromatic carboxylic acids is 2. The van der Waals surface area contributed by atoms with Crippen LogP contribution in [0.15, 0.2) is 60.9 Å². The quantitative estimate of drug-likeness (QED) is 0.173. The molecule has 42 heavy (non-hydrogen) atoms. The Hall–Kier alpha value is -6.12. The van der Waals surface area contributed by atoms with Crippen molar-refractivity contribution in [3.8, 4) is 45.6 Å². The summed E-state index contributed by atoms with van der Waals surface area (Å²) in [6, 6.07) is 11.3. The smallest absolute Gasteiger partial charge is 0.339 e. The van der Waals surface area contributed by atoms with E-state index in [0.29, 0.717) is 13.0 Å². The number of pyridine rings is 1. The van der Waals surface area contributed by atoms with Gasteiger partial charge in [-0.15, -0.1) is 10.2 Å². The maximum Gasteiger partial charge on any atom is 0.339 e. The SMILES string of the molecule is CCCNC(=O)c1cc(-c2cn(-c3cccc(C(=O)O)c3O)nn2)nc(-c2cn(-c3cccc(C(=O)O)c3O)nn2)c1. The number of carboxylic acid groups (broad SMARTS) is 2. The Labute approximate surface area is 236 Å². The summed E-state index contributed by atoms with van der Waals surface area (Å²) >= 11 is 0. The summed E-state index contributed by atoms with van der Waals surface area (Å²) in [5.74, 6) is -4.03. The summed E-state index contributed by atoms with van der Waals surface area (Å²) in [6.45, 7) is 2.33. The molecule has 0 saturated heterocycles. The standard InChI is InChI=1S/C27H22N8O7/c1-2-9-28-25(38)14-10-17(19-12-34(32-30-19)21-7-3-5-15(23(21)36)26(39)40)29-18(11-14)20-13-35(33-31-20)22-8-4-6-16(24(22)37)27(41)42/h3-8,10-13,36-37H,2,9H2,1H3,(H,28,38)(H,39,40)(H,41,42). The van der Waals surface area contributed by atoms with Gasteiger partial charge in [-0.2, -0.15) is 0 Å². The average Bonchev–Trinajstić information content (AvgIpc) is 3.66. The Morgan fingerprint density at radius 1 is 0.762 bits per heavy atom. The van der Waals surface area contributed by atoms with E-state index in [-0.39, 0.29) is 56.7 Å². The molecule has 0 spiro atoms. The fraction of sp³-hybridized carbons (Fsp3) is 0.111. The Morgan fingerprint density at radius 2 is 1.24 bits per heavy atom. The van der Waals surface area contributed by atoms with Crippen LogP contribution in [0.3, 0.4) is 0 Å². The van der Waals surface area contributed by atoms with Gasteiger partial charge >= 0.3 is 11.9 Å². The molecule has 2 aromatic carbocycles. The van der Waals surface area contributed by atoms with Gasteiger partial charge in [0.1, 0.15) is 33.9 Å². The number of rotatable bonds is 9. The van der Waals surface area contributed by atoms with Crippen LogP contribution in [0.1, 0.15) is 44.4 Å². The van der Waals surface area contributed by atoms with Crippen LogP contribution in [0, 0.1) is 0 Å². The highest BCUT2D eigenvalue weighted by molar-refractivity contribution is 5.96. The normalized spacial score (nSPS) is 10.9. The molecule has 3 aromatic heterocycles. The molecule has 5 aromatic rings. The lowest BCUT2D eigenvalue weighted by atomic mass is 10.1. The molecular weight excluding hydrogens is 548 g/mol. The molecule has 0 atom stereocenters. The van der Waals surface area contributed by atoms with Crippen LogP contribution >= 0.6 is 0 Å². The summed E-state index contributed by atoms with van der Waals surface area (Å²) in [5.41, 5.74) is 0.527. The molecule has 15 nitrogen and oxygen atoms in total. The van der Waals surface area contributed by atoms with E-state index in [1.165, 1.54) is 70.3 Å². The Kier molecular flexibility index (Phi) is 7.30. The van der Waals surface area contributed by atoms with Crippen molar-refractivity contribution >= 4 is 17.8 Å². The third-order valence-electron chi connectivity index (χ3n) is 6.12. The molecule has 0 aliphatic rings. The molecule has 0 radical (unpaired) electrons. The second kappa shape index (κ2) is 11.2. The third-order valence-corrected chi connectivity index (χ3v) is 6.12. The number of nitrogens with zero attached hydrogens (tertiary/aromatic N) is 7. The fourth-order valence-electron chi connectivity index (χ4n) is 4.04. The van der Waals surface area contributed by atoms with Gasteiger partial charge in [0.2, 0.25) is 0 Å². The minimum atomic E-state index is -1.32. The second-order valence-electron chi connectivity index (χ2n) is 8.94. The molecule has 3 heterocycles. The first-order chi connectivity index (χ1) is 20.2. The molecule has 0 aliphatic heterocycles. The van der Waals surface area contributed by atoms with E-state index < -0.39 is 23.4 Å². The summed E-state index contributed by atoms with van der Waals surface area (Å²) in [6.07, 6.45) is 3.52. The van der Waals surface area contributed by atoms with E-state index >= 15 is 0 Å². The lowest BCUT2D eigenvalue weighted by Gasteiger charge is -2.08. The molecule has 0 aliphatic carbocycles. The molecule has 1 amide bonds. The monoisotopic (exact) mass is 570 g/mol. The van der Waals surface area contributed by atoms with Crippen LogP contribution in [-0.2, 0) is 0 Å². The van der Waals surface area contributed by atoms with Gasteiger partial charge in [0.05, 0.1) is 23.8 Å². The number of hydrogen-bond acceptors (Lipinski definition) is 10. The minimum Gasteiger partial charge on any atom is -0.505 e. The number of hydrogen-bond donors (Lipinski definition) is 5. The maximum absolute atomic E-state index is 12.9. The third kappa shape index (κ3) is 5.21. The first kappa shape index (κ1) is 27.4. The van der Waals surface area contributed by atoms with Crippen molar-refractivity contribution in [3.63, 3.8) is 0 Å². The number of phenols is 2. The first-order valence-corrected chi connectivity index (χ1v) is 12.4. The molecule has 212 valence electrons. The van der Waals surface area contributed by atoms with Crippen molar-refractivity contribution in [2.75, 3.05) is 6.54 Å². The van der Waals surface area contributed by atoms with Crippen LogP contribution in [0.2, 0.25) is 0 Å². The molecule has 0 unspecified atom stereocenters. The average molecular weight is 571 g/mol. The van der Waals surface area contributed by atoms with Gasteiger partial charge in [0, 0.05) is 12.1 Å². The van der Waals surface area contributed by atoms with Gasteiger partial charge in [-0.1, -0.05) is 29.5 Å². The lowest BCUT2D eigenvalue weighted by Crippen LogP contribution is -2.24. The van der Waals surface area contributed by atoms with E-state index in [0.717, 1.165) is 0 Å². The number of carbonyl (C=O) groups is 3. The van der Waals surface area contributed by atoms with E-state index in [2.05, 4.69) is 30.9 Å². The molecule has 0 saturated carbocycles. The number of aromatic hydroxyl groups is 2. The van der Waals surface area contributed by atoms with E-state index in [4.69, 9.17) is 0 Å². The van der Waals surface area contributed by atoms with Gasteiger partial charge in [-0.3, -0.25) is 4.79 Å². The number of carbonyl (C=O) groups excluding carboxylic acids is 1. The van der Waals surface area contributed by atoms with Crippen molar-refractivity contribution in [1.29, 1.82) is 0 Å². The first-order valence-electron chi connectivity index (χ1n) is 12.4. The zero-order chi connectivity index (χ0) is 30.0. The highest BCUT2D eigenvalue weighted by Gasteiger charge is 2.20. The number of para-hydroxylation sites is 2. The highest BCUT2D eigenvalue weighted by Crippen LogP contribution is 2.29. The number of nitrogens with one attached hydrogen (secondary N) is 1. The summed E-state index contributed by atoms with van der Waals surface area (Å²) in [4.78, 5) is 40.3. The maximum atomic E-state index is 12.9. The second-order valence-corrected chi connectivity index (χ2v) is 8.94. The Balaban J connectivity index is 1.57. The van der Waals surface area contributed by atoms with Gasteiger partial charge in [-0.25, -0.2) is 23.9 Å². The molecule has 15 heteroatoms. The van der Waals surface area contributed by atoms with Gasteiger partial charge in [0.25, 0.3) is 5.91 Å². The van der Waals surface area contributed by atoms with Crippen LogP contribution in [0.5, 0.6) is 11.5 Å². The van der Waals surface area contributed by atoms with Crippen molar-refractivity contribution in [2.24, 2.45) is 0 Å². The topological polar surface area (TPSA) is 218 Å². The summed E-state index contributed by atoms with van der Waals surface area (Å²) < 4.78 is 2.35. The molecular formula is C27H22N8O7. The van der Waals surface area contributed by atoms with E-state index in [1.54, 1.807) is 0 Å². The van der Waals surface area contributed by atoms with Crippen LogP contribution in [0.25, 0.3) is 34.2 Å². The zero-order valence-electron chi connectivity index (χ0n) is 21.8. The van der Waals surface area contributed by atoms with E-state index in [1.807, 2.05) is 6.92 Å². The number of carboxylic acids is 2. The van der Waals surface area contributed by atoms with Gasteiger partial charge in [-0.05, 0) is 42.8 Å². The van der Waals surface area contributed by atoms with Gasteiger partial charge in [0.15, 0.2) is 11.5 Å². The van der Waals surface area contributed by atoms with Crippen molar-refractivity contribution in [1.82, 2.24) is 40.3 Å². The molecule has 0 fully saturated rings. The number of amides is 1. The highest BCUT2D eigenvalue weighted by atomic mass is 16.4. The Morgan fingerprint density at radius 3 is 1.67 bits per heavy atom. The number of aromatic nitrogens is 7. The van der Waals surface area contributed by atoms with Crippen LogP contribution in [0.4, 0.5) is 0 Å². The van der Waals surface area contributed by atoms with Crippen molar-refractivity contribution in [3.05, 3.63) is 77.6 Å².